The minimum Gasteiger partial charge on any atom is -0.322 e. The third-order valence-electron chi connectivity index (χ3n) is 2.81. The highest BCUT2D eigenvalue weighted by Crippen LogP contribution is 2.18. The Morgan fingerprint density at radius 3 is 2.24 bits per heavy atom. The van der Waals surface area contributed by atoms with E-state index in [1.807, 2.05) is 0 Å². The van der Waals surface area contributed by atoms with Crippen LogP contribution in [0.25, 0.3) is 0 Å². The van der Waals surface area contributed by atoms with Crippen molar-refractivity contribution in [2.75, 3.05) is 12.4 Å². The van der Waals surface area contributed by atoms with Gasteiger partial charge in [0.05, 0.1) is 15.5 Å². The van der Waals surface area contributed by atoms with Gasteiger partial charge in [0.15, 0.2) is 0 Å². The van der Waals surface area contributed by atoms with Gasteiger partial charge >= 0.3 is 0 Å². The molecule has 0 atom stereocenters. The molecule has 0 spiro atoms. The Balaban J connectivity index is 2.18. The zero-order valence-corrected chi connectivity index (χ0v) is 12.7. The smallest absolute Gasteiger partial charge is 0.257 e. The Kier molecular flexibility index (Phi) is 4.62. The summed E-state index contributed by atoms with van der Waals surface area (Å²) in [4.78, 5) is 12.2. The van der Waals surface area contributed by atoms with Gasteiger partial charge in [-0.1, -0.05) is 23.7 Å². The second-order valence-electron chi connectivity index (χ2n) is 4.17. The van der Waals surface area contributed by atoms with Crippen LogP contribution in [0.4, 0.5) is 5.69 Å². The number of carbonyl (C=O) groups is 1. The SMILES string of the molecule is CNS(=O)(=O)c1ccc(NC(=O)c2ccccc2Cl)cc1. The minimum atomic E-state index is -3.49. The van der Waals surface area contributed by atoms with Gasteiger partial charge in [0.1, 0.15) is 0 Å². The molecule has 0 radical (unpaired) electrons. The molecule has 0 fully saturated rings. The predicted octanol–water partition coefficient (Wildman–Crippen LogP) is 2.50. The fraction of sp³-hybridized carbons (Fsp3) is 0.0714. The molecular formula is C14H13ClN2O3S. The largest absolute Gasteiger partial charge is 0.322 e. The number of amides is 1. The fourth-order valence-corrected chi connectivity index (χ4v) is 2.63. The third kappa shape index (κ3) is 3.60. The highest BCUT2D eigenvalue weighted by molar-refractivity contribution is 7.89. The van der Waals surface area contributed by atoms with E-state index in [1.165, 1.54) is 31.3 Å². The van der Waals surface area contributed by atoms with Crippen molar-refractivity contribution in [3.05, 3.63) is 59.1 Å². The van der Waals surface area contributed by atoms with Crippen LogP contribution in [0.1, 0.15) is 10.4 Å². The molecule has 2 aromatic carbocycles. The number of halogens is 1. The summed E-state index contributed by atoms with van der Waals surface area (Å²) < 4.78 is 25.4. The molecule has 0 aliphatic rings. The third-order valence-corrected chi connectivity index (χ3v) is 4.57. The first-order valence-electron chi connectivity index (χ1n) is 6.03. The van der Waals surface area contributed by atoms with E-state index in [4.69, 9.17) is 11.6 Å². The van der Waals surface area contributed by atoms with Crippen LogP contribution in [0.3, 0.4) is 0 Å². The van der Waals surface area contributed by atoms with Crippen molar-refractivity contribution >= 4 is 33.2 Å². The zero-order valence-electron chi connectivity index (χ0n) is 11.1. The van der Waals surface area contributed by atoms with Gasteiger partial charge in [-0.15, -0.1) is 0 Å². The molecule has 0 saturated carbocycles. The summed E-state index contributed by atoms with van der Waals surface area (Å²) >= 11 is 5.94. The Hall–Kier alpha value is -1.89. The zero-order chi connectivity index (χ0) is 15.5. The lowest BCUT2D eigenvalue weighted by Gasteiger charge is -2.08. The number of sulfonamides is 1. The van der Waals surface area contributed by atoms with Crippen LogP contribution >= 0.6 is 11.6 Å². The molecule has 2 N–H and O–H groups in total. The van der Waals surface area contributed by atoms with E-state index < -0.39 is 10.0 Å². The van der Waals surface area contributed by atoms with E-state index in [2.05, 4.69) is 10.0 Å². The van der Waals surface area contributed by atoms with Crippen LogP contribution in [-0.4, -0.2) is 21.4 Å². The first-order valence-corrected chi connectivity index (χ1v) is 7.89. The van der Waals surface area contributed by atoms with Crippen molar-refractivity contribution in [2.24, 2.45) is 0 Å². The lowest BCUT2D eigenvalue weighted by molar-refractivity contribution is 0.102. The van der Waals surface area contributed by atoms with Crippen molar-refractivity contribution < 1.29 is 13.2 Å². The van der Waals surface area contributed by atoms with Gasteiger partial charge in [-0.25, -0.2) is 13.1 Å². The molecule has 0 bridgehead atoms. The summed E-state index contributed by atoms with van der Waals surface area (Å²) in [5.74, 6) is -0.357. The number of rotatable bonds is 4. The first-order chi connectivity index (χ1) is 9.94. The van der Waals surface area contributed by atoms with Crippen LogP contribution in [0.5, 0.6) is 0 Å². The Morgan fingerprint density at radius 1 is 1.05 bits per heavy atom. The van der Waals surface area contributed by atoms with Crippen LogP contribution in [0.15, 0.2) is 53.4 Å². The predicted molar refractivity (Wildman–Crippen MR) is 82.1 cm³/mol. The number of anilines is 1. The van der Waals surface area contributed by atoms with Gasteiger partial charge in [-0.2, -0.15) is 0 Å². The van der Waals surface area contributed by atoms with Crippen molar-refractivity contribution in [3.8, 4) is 0 Å². The van der Waals surface area contributed by atoms with Crippen molar-refractivity contribution in [3.63, 3.8) is 0 Å². The maximum atomic E-state index is 12.0. The van der Waals surface area contributed by atoms with Crippen molar-refractivity contribution in [2.45, 2.75) is 4.90 Å². The molecule has 0 unspecified atom stereocenters. The normalized spacial score (nSPS) is 11.1. The standard InChI is InChI=1S/C14H13ClN2O3S/c1-16-21(19,20)11-8-6-10(7-9-11)17-14(18)12-4-2-3-5-13(12)15/h2-9,16H,1H3,(H,17,18). The maximum Gasteiger partial charge on any atom is 0.257 e. The number of hydrogen-bond acceptors (Lipinski definition) is 3. The number of benzene rings is 2. The molecule has 7 heteroatoms. The average molecular weight is 325 g/mol. The Morgan fingerprint density at radius 2 is 1.67 bits per heavy atom. The minimum absolute atomic E-state index is 0.126. The summed E-state index contributed by atoms with van der Waals surface area (Å²) in [6, 6.07) is 12.5. The summed E-state index contributed by atoms with van der Waals surface area (Å²) in [6.07, 6.45) is 0. The van der Waals surface area contributed by atoms with E-state index >= 15 is 0 Å². The van der Waals surface area contributed by atoms with E-state index in [1.54, 1.807) is 24.3 Å². The summed E-state index contributed by atoms with van der Waals surface area (Å²) in [5, 5.41) is 3.01. The summed E-state index contributed by atoms with van der Waals surface area (Å²) in [5.41, 5.74) is 0.834. The molecule has 5 nitrogen and oxygen atoms in total. The van der Waals surface area contributed by atoms with Crippen molar-refractivity contribution in [1.29, 1.82) is 0 Å². The lowest BCUT2D eigenvalue weighted by atomic mass is 10.2. The molecule has 1 amide bonds. The van der Waals surface area contributed by atoms with Crippen LogP contribution in [0, 0.1) is 0 Å². The van der Waals surface area contributed by atoms with E-state index in [0.29, 0.717) is 16.3 Å². The molecule has 21 heavy (non-hydrogen) atoms. The van der Waals surface area contributed by atoms with Gasteiger partial charge < -0.3 is 5.32 Å². The van der Waals surface area contributed by atoms with Gasteiger partial charge in [-0.05, 0) is 43.4 Å². The molecule has 110 valence electrons. The second kappa shape index (κ2) is 6.26. The molecule has 0 aliphatic heterocycles. The highest BCUT2D eigenvalue weighted by Gasteiger charge is 2.12. The molecular weight excluding hydrogens is 312 g/mol. The highest BCUT2D eigenvalue weighted by atomic mass is 35.5. The molecule has 0 heterocycles. The van der Waals surface area contributed by atoms with Gasteiger partial charge in [0, 0.05) is 5.69 Å². The van der Waals surface area contributed by atoms with E-state index in [-0.39, 0.29) is 10.8 Å². The number of nitrogens with one attached hydrogen (secondary N) is 2. The van der Waals surface area contributed by atoms with Gasteiger partial charge in [0.2, 0.25) is 10.0 Å². The van der Waals surface area contributed by atoms with Crippen LogP contribution in [-0.2, 0) is 10.0 Å². The average Bonchev–Trinajstić information content (AvgIpc) is 2.48. The summed E-state index contributed by atoms with van der Waals surface area (Å²) in [6.45, 7) is 0. The van der Waals surface area contributed by atoms with Gasteiger partial charge in [-0.3, -0.25) is 4.79 Å². The Bertz CT molecular complexity index is 758. The quantitative estimate of drug-likeness (QED) is 0.907. The maximum absolute atomic E-state index is 12.0. The fourth-order valence-electron chi connectivity index (χ4n) is 1.68. The molecule has 2 aromatic rings. The lowest BCUT2D eigenvalue weighted by Crippen LogP contribution is -2.18. The topological polar surface area (TPSA) is 75.3 Å². The molecule has 2 rings (SSSR count). The van der Waals surface area contributed by atoms with Gasteiger partial charge in [0.25, 0.3) is 5.91 Å². The second-order valence-corrected chi connectivity index (χ2v) is 6.46. The molecule has 0 aliphatic carbocycles. The van der Waals surface area contributed by atoms with Crippen molar-refractivity contribution in [1.82, 2.24) is 4.72 Å². The first kappa shape index (κ1) is 15.5. The molecule has 0 aromatic heterocycles. The van der Waals surface area contributed by atoms with E-state index in [9.17, 15) is 13.2 Å². The monoisotopic (exact) mass is 324 g/mol. The Labute approximate surface area is 128 Å². The van der Waals surface area contributed by atoms with Crippen LogP contribution in [0.2, 0.25) is 5.02 Å². The van der Waals surface area contributed by atoms with Crippen LogP contribution < -0.4 is 10.0 Å². The summed E-state index contributed by atoms with van der Waals surface area (Å²) in [7, 11) is -2.15. The number of carbonyl (C=O) groups excluding carboxylic acids is 1. The number of hydrogen-bond donors (Lipinski definition) is 2. The van der Waals surface area contributed by atoms with E-state index in [0.717, 1.165) is 0 Å². The molecule has 0 saturated heterocycles.